The second-order valence-electron chi connectivity index (χ2n) is 1.91. The molecule has 0 N–H and O–H groups in total. The van der Waals surface area contributed by atoms with E-state index in [2.05, 4.69) is 15.9 Å². The van der Waals surface area contributed by atoms with Crippen molar-refractivity contribution in [3.63, 3.8) is 0 Å². The van der Waals surface area contributed by atoms with E-state index in [9.17, 15) is 4.39 Å². The zero-order chi connectivity index (χ0) is 7.40. The molecule has 1 aromatic carbocycles. The molecular weight excluding hydrogens is 195 g/mol. The fourth-order valence-electron chi connectivity index (χ4n) is 0.688. The van der Waals surface area contributed by atoms with Crippen LogP contribution in [-0.4, -0.2) is 5.33 Å². The third kappa shape index (κ3) is 2.10. The van der Waals surface area contributed by atoms with Gasteiger partial charge in [-0.15, -0.1) is 0 Å². The summed E-state index contributed by atoms with van der Waals surface area (Å²) in [6, 6.07) is 6.40. The summed E-state index contributed by atoms with van der Waals surface area (Å²) in [4.78, 5) is 0. The SMILES string of the molecule is Fc1ccc([CH]CBr)cc1. The molecule has 0 heterocycles. The molecule has 0 aromatic heterocycles. The lowest BCUT2D eigenvalue weighted by Crippen LogP contribution is -1.81. The number of benzene rings is 1. The van der Waals surface area contributed by atoms with E-state index < -0.39 is 0 Å². The van der Waals surface area contributed by atoms with E-state index in [4.69, 9.17) is 0 Å². The van der Waals surface area contributed by atoms with Crippen molar-refractivity contribution in [1.82, 2.24) is 0 Å². The molecule has 0 fully saturated rings. The zero-order valence-electron chi connectivity index (χ0n) is 5.35. The molecular formula is C8H7BrF. The van der Waals surface area contributed by atoms with E-state index in [-0.39, 0.29) is 5.82 Å². The van der Waals surface area contributed by atoms with E-state index in [1.54, 1.807) is 12.1 Å². The molecule has 0 nitrogen and oxygen atoms in total. The number of hydrogen-bond acceptors (Lipinski definition) is 0. The minimum absolute atomic E-state index is 0.188. The molecule has 1 aromatic rings. The summed E-state index contributed by atoms with van der Waals surface area (Å²) in [6.07, 6.45) is 1.97. The Hall–Kier alpha value is -0.370. The van der Waals surface area contributed by atoms with Crippen LogP contribution in [0.1, 0.15) is 5.56 Å². The van der Waals surface area contributed by atoms with Gasteiger partial charge in [-0.05, 0) is 17.7 Å². The second kappa shape index (κ2) is 3.71. The van der Waals surface area contributed by atoms with Crippen LogP contribution < -0.4 is 0 Å². The van der Waals surface area contributed by atoms with Gasteiger partial charge in [-0.1, -0.05) is 28.1 Å². The highest BCUT2D eigenvalue weighted by molar-refractivity contribution is 9.09. The van der Waals surface area contributed by atoms with Gasteiger partial charge in [0.05, 0.1) is 0 Å². The predicted molar refractivity (Wildman–Crippen MR) is 43.6 cm³/mol. The maximum Gasteiger partial charge on any atom is 0.123 e. The third-order valence-corrected chi connectivity index (χ3v) is 1.51. The normalized spacial score (nSPS) is 9.80. The molecule has 0 saturated heterocycles. The monoisotopic (exact) mass is 201 g/mol. The van der Waals surface area contributed by atoms with Crippen LogP contribution in [0, 0.1) is 12.2 Å². The van der Waals surface area contributed by atoms with Crippen molar-refractivity contribution >= 4 is 15.9 Å². The maximum atomic E-state index is 12.3. The minimum atomic E-state index is -0.188. The average Bonchev–Trinajstić information content (AvgIpc) is 1.95. The number of alkyl halides is 1. The Labute approximate surface area is 68.2 Å². The molecule has 0 saturated carbocycles. The van der Waals surface area contributed by atoms with Gasteiger partial charge < -0.3 is 0 Å². The molecule has 0 spiro atoms. The van der Waals surface area contributed by atoms with Gasteiger partial charge in [0.25, 0.3) is 0 Å². The molecule has 0 aliphatic rings. The standard InChI is InChI=1S/C8H7BrF/c9-6-5-7-1-3-8(10)4-2-7/h1-5H,6H2. The summed E-state index contributed by atoms with van der Waals surface area (Å²) in [5.41, 5.74) is 1.04. The maximum absolute atomic E-state index is 12.3. The Morgan fingerprint density at radius 1 is 1.30 bits per heavy atom. The lowest BCUT2D eigenvalue weighted by atomic mass is 10.2. The molecule has 0 atom stereocenters. The van der Waals surface area contributed by atoms with Crippen LogP contribution in [0.25, 0.3) is 0 Å². The van der Waals surface area contributed by atoms with Crippen molar-refractivity contribution in [3.8, 4) is 0 Å². The molecule has 0 amide bonds. The topological polar surface area (TPSA) is 0 Å². The Morgan fingerprint density at radius 3 is 2.40 bits per heavy atom. The molecule has 10 heavy (non-hydrogen) atoms. The fourth-order valence-corrected chi connectivity index (χ4v) is 1.06. The molecule has 1 rings (SSSR count). The molecule has 0 aliphatic heterocycles. The summed E-state index contributed by atoms with van der Waals surface area (Å²) in [5.74, 6) is -0.188. The number of rotatable bonds is 2. The van der Waals surface area contributed by atoms with Gasteiger partial charge in [0.2, 0.25) is 0 Å². The van der Waals surface area contributed by atoms with Gasteiger partial charge in [-0.3, -0.25) is 0 Å². The first kappa shape index (κ1) is 7.73. The summed E-state index contributed by atoms with van der Waals surface area (Å²) in [7, 11) is 0. The highest BCUT2D eigenvalue weighted by Gasteiger charge is 1.91. The van der Waals surface area contributed by atoms with Gasteiger partial charge in [-0.2, -0.15) is 0 Å². The van der Waals surface area contributed by atoms with Crippen LogP contribution in [0.2, 0.25) is 0 Å². The average molecular weight is 202 g/mol. The Morgan fingerprint density at radius 2 is 1.90 bits per heavy atom. The number of hydrogen-bond donors (Lipinski definition) is 0. The highest BCUT2D eigenvalue weighted by atomic mass is 79.9. The fraction of sp³-hybridized carbons (Fsp3) is 0.125. The summed E-state index contributed by atoms with van der Waals surface area (Å²) in [6.45, 7) is 0. The third-order valence-electron chi connectivity index (χ3n) is 1.18. The largest absolute Gasteiger partial charge is 0.207 e. The second-order valence-corrected chi connectivity index (χ2v) is 2.56. The Kier molecular flexibility index (Phi) is 2.87. The summed E-state index contributed by atoms with van der Waals surface area (Å²) in [5, 5.41) is 0.804. The molecule has 2 heteroatoms. The molecule has 1 radical (unpaired) electrons. The Bertz CT molecular complexity index is 193. The molecule has 53 valence electrons. The van der Waals surface area contributed by atoms with E-state index >= 15 is 0 Å². The highest BCUT2D eigenvalue weighted by Crippen LogP contribution is 2.05. The van der Waals surface area contributed by atoms with Gasteiger partial charge in [-0.25, -0.2) is 4.39 Å². The zero-order valence-corrected chi connectivity index (χ0v) is 6.94. The minimum Gasteiger partial charge on any atom is -0.207 e. The van der Waals surface area contributed by atoms with Gasteiger partial charge in [0, 0.05) is 11.8 Å². The van der Waals surface area contributed by atoms with Crippen molar-refractivity contribution < 1.29 is 4.39 Å². The van der Waals surface area contributed by atoms with Crippen molar-refractivity contribution in [2.45, 2.75) is 0 Å². The first-order valence-corrected chi connectivity index (χ1v) is 4.10. The van der Waals surface area contributed by atoms with Crippen LogP contribution in [0.3, 0.4) is 0 Å². The van der Waals surface area contributed by atoms with Crippen LogP contribution >= 0.6 is 15.9 Å². The van der Waals surface area contributed by atoms with Gasteiger partial charge >= 0.3 is 0 Å². The van der Waals surface area contributed by atoms with Gasteiger partial charge in [0.15, 0.2) is 0 Å². The van der Waals surface area contributed by atoms with Gasteiger partial charge in [0.1, 0.15) is 5.82 Å². The molecule has 0 aliphatic carbocycles. The Balaban J connectivity index is 2.69. The number of halogens is 2. The van der Waals surface area contributed by atoms with Crippen LogP contribution in [0.15, 0.2) is 24.3 Å². The first-order valence-electron chi connectivity index (χ1n) is 2.97. The van der Waals surface area contributed by atoms with Crippen LogP contribution in [0.5, 0.6) is 0 Å². The van der Waals surface area contributed by atoms with E-state index in [0.717, 1.165) is 10.9 Å². The smallest absolute Gasteiger partial charge is 0.123 e. The molecule has 0 unspecified atom stereocenters. The van der Waals surface area contributed by atoms with Crippen LogP contribution in [0.4, 0.5) is 4.39 Å². The van der Waals surface area contributed by atoms with Crippen molar-refractivity contribution in [1.29, 1.82) is 0 Å². The van der Waals surface area contributed by atoms with Crippen molar-refractivity contribution in [2.24, 2.45) is 0 Å². The molecule has 0 bridgehead atoms. The first-order chi connectivity index (χ1) is 4.83. The summed E-state index contributed by atoms with van der Waals surface area (Å²) < 4.78 is 12.3. The lowest BCUT2D eigenvalue weighted by Gasteiger charge is -1.94. The van der Waals surface area contributed by atoms with Crippen LogP contribution in [-0.2, 0) is 0 Å². The lowest BCUT2D eigenvalue weighted by molar-refractivity contribution is 0.627. The summed E-state index contributed by atoms with van der Waals surface area (Å²) >= 11 is 3.26. The predicted octanol–water partition coefficient (Wildman–Crippen LogP) is 2.77. The van der Waals surface area contributed by atoms with Crippen molar-refractivity contribution in [2.75, 3.05) is 5.33 Å². The quantitative estimate of drug-likeness (QED) is 0.647. The van der Waals surface area contributed by atoms with E-state index in [1.165, 1.54) is 12.1 Å². The van der Waals surface area contributed by atoms with Crippen molar-refractivity contribution in [3.05, 3.63) is 42.1 Å². The van der Waals surface area contributed by atoms with E-state index in [0.29, 0.717) is 0 Å². The van der Waals surface area contributed by atoms with E-state index in [1.807, 2.05) is 6.42 Å².